The lowest BCUT2D eigenvalue weighted by molar-refractivity contribution is -0.135. The molecule has 1 unspecified atom stereocenters. The fourth-order valence-corrected chi connectivity index (χ4v) is 2.97. The standard InChI is InChI=1S/C8H13NOS/c10-8-3-1-2-7-6-11-5-4-9(7)8/h7H,1-6H2. The molecule has 2 aliphatic rings. The Balaban J connectivity index is 2.05. The van der Waals surface area contributed by atoms with Gasteiger partial charge in [-0.15, -0.1) is 0 Å². The van der Waals surface area contributed by atoms with Gasteiger partial charge >= 0.3 is 0 Å². The predicted molar refractivity (Wildman–Crippen MR) is 46.7 cm³/mol. The Morgan fingerprint density at radius 1 is 1.55 bits per heavy atom. The highest BCUT2D eigenvalue weighted by Gasteiger charge is 2.29. The first kappa shape index (κ1) is 7.47. The summed E-state index contributed by atoms with van der Waals surface area (Å²) in [5, 5.41) is 0. The van der Waals surface area contributed by atoms with Crippen molar-refractivity contribution in [3.63, 3.8) is 0 Å². The molecule has 0 bridgehead atoms. The molecule has 2 aliphatic heterocycles. The van der Waals surface area contributed by atoms with Crippen LogP contribution in [0.1, 0.15) is 19.3 Å². The second-order valence-corrected chi connectivity index (χ2v) is 4.36. The quantitative estimate of drug-likeness (QED) is 0.544. The average Bonchev–Trinajstić information content (AvgIpc) is 2.06. The number of fused-ring (bicyclic) bond motifs is 1. The zero-order valence-corrected chi connectivity index (χ0v) is 7.40. The molecule has 11 heavy (non-hydrogen) atoms. The van der Waals surface area contributed by atoms with E-state index >= 15 is 0 Å². The predicted octanol–water partition coefficient (Wildman–Crippen LogP) is 1.11. The molecule has 0 aliphatic carbocycles. The number of hydrogen-bond acceptors (Lipinski definition) is 2. The highest BCUT2D eigenvalue weighted by Crippen LogP contribution is 2.25. The molecule has 1 amide bonds. The number of carbonyl (C=O) groups is 1. The highest BCUT2D eigenvalue weighted by atomic mass is 32.2. The molecule has 0 radical (unpaired) electrons. The summed E-state index contributed by atoms with van der Waals surface area (Å²) in [6, 6.07) is 0.579. The van der Waals surface area contributed by atoms with E-state index in [4.69, 9.17) is 0 Å². The molecule has 0 aromatic rings. The fourth-order valence-electron chi connectivity index (χ4n) is 1.85. The van der Waals surface area contributed by atoms with Gasteiger partial charge in [-0.3, -0.25) is 4.79 Å². The van der Waals surface area contributed by atoms with Gasteiger partial charge in [-0.2, -0.15) is 11.8 Å². The van der Waals surface area contributed by atoms with Crippen molar-refractivity contribution < 1.29 is 4.79 Å². The maximum absolute atomic E-state index is 11.3. The maximum Gasteiger partial charge on any atom is 0.222 e. The zero-order chi connectivity index (χ0) is 7.68. The second kappa shape index (κ2) is 3.05. The van der Waals surface area contributed by atoms with E-state index in [1.54, 1.807) is 0 Å². The van der Waals surface area contributed by atoms with E-state index in [0.29, 0.717) is 11.9 Å². The molecule has 0 N–H and O–H groups in total. The third-order valence-electron chi connectivity index (χ3n) is 2.48. The largest absolute Gasteiger partial charge is 0.338 e. The minimum absolute atomic E-state index is 0.390. The van der Waals surface area contributed by atoms with E-state index in [0.717, 1.165) is 25.1 Å². The van der Waals surface area contributed by atoms with Gasteiger partial charge in [0.25, 0.3) is 0 Å². The number of carbonyl (C=O) groups excluding carboxylic acids is 1. The van der Waals surface area contributed by atoms with Crippen molar-refractivity contribution in [2.45, 2.75) is 25.3 Å². The summed E-state index contributed by atoms with van der Waals surface area (Å²) >= 11 is 1.99. The number of nitrogens with zero attached hydrogens (tertiary/aromatic N) is 1. The van der Waals surface area contributed by atoms with Crippen LogP contribution in [0.4, 0.5) is 0 Å². The minimum atomic E-state index is 0.390. The third-order valence-corrected chi connectivity index (χ3v) is 3.57. The number of amides is 1. The molecule has 2 rings (SSSR count). The van der Waals surface area contributed by atoms with Crippen molar-refractivity contribution in [1.82, 2.24) is 4.90 Å². The Hall–Kier alpha value is -0.180. The van der Waals surface area contributed by atoms with E-state index in [1.165, 1.54) is 12.2 Å². The van der Waals surface area contributed by atoms with Crippen molar-refractivity contribution in [2.75, 3.05) is 18.1 Å². The molecular formula is C8H13NOS. The van der Waals surface area contributed by atoms with Crippen molar-refractivity contribution in [3.05, 3.63) is 0 Å². The summed E-state index contributed by atoms with van der Waals surface area (Å²) in [6.45, 7) is 0.994. The molecule has 0 saturated carbocycles. The summed E-state index contributed by atoms with van der Waals surface area (Å²) in [4.78, 5) is 13.4. The minimum Gasteiger partial charge on any atom is -0.338 e. The summed E-state index contributed by atoms with van der Waals surface area (Å²) in [7, 11) is 0. The van der Waals surface area contributed by atoms with E-state index < -0.39 is 0 Å². The summed E-state index contributed by atoms with van der Waals surface area (Å²) in [6.07, 6.45) is 3.14. The first-order valence-corrected chi connectivity index (χ1v) is 5.40. The van der Waals surface area contributed by atoms with Crippen molar-refractivity contribution >= 4 is 17.7 Å². The van der Waals surface area contributed by atoms with Crippen LogP contribution < -0.4 is 0 Å². The monoisotopic (exact) mass is 171 g/mol. The number of thioether (sulfide) groups is 1. The lowest BCUT2D eigenvalue weighted by Gasteiger charge is -2.38. The van der Waals surface area contributed by atoms with Gasteiger partial charge in [0.05, 0.1) is 0 Å². The molecule has 1 atom stereocenters. The molecule has 2 nitrogen and oxygen atoms in total. The van der Waals surface area contributed by atoms with Gasteiger partial charge in [-0.25, -0.2) is 0 Å². The molecule has 2 fully saturated rings. The number of piperidine rings is 1. The Labute approximate surface area is 71.3 Å². The van der Waals surface area contributed by atoms with Crippen LogP contribution in [0.2, 0.25) is 0 Å². The molecule has 2 saturated heterocycles. The SMILES string of the molecule is O=C1CCCC2CSCCN12. The van der Waals surface area contributed by atoms with E-state index in [9.17, 15) is 4.79 Å². The molecule has 0 aromatic carbocycles. The first-order valence-electron chi connectivity index (χ1n) is 4.25. The van der Waals surface area contributed by atoms with Gasteiger partial charge in [-0.05, 0) is 12.8 Å². The summed E-state index contributed by atoms with van der Waals surface area (Å²) in [5.41, 5.74) is 0. The van der Waals surface area contributed by atoms with Crippen LogP contribution in [0, 0.1) is 0 Å². The van der Waals surface area contributed by atoms with Gasteiger partial charge in [0.1, 0.15) is 0 Å². The first-order chi connectivity index (χ1) is 5.38. The van der Waals surface area contributed by atoms with Crippen LogP contribution in [0.25, 0.3) is 0 Å². The fraction of sp³-hybridized carbons (Fsp3) is 0.875. The van der Waals surface area contributed by atoms with E-state index in [2.05, 4.69) is 4.90 Å². The Bertz CT molecular complexity index is 169. The second-order valence-electron chi connectivity index (χ2n) is 3.21. The van der Waals surface area contributed by atoms with Crippen LogP contribution in [0.3, 0.4) is 0 Å². The van der Waals surface area contributed by atoms with Crippen molar-refractivity contribution in [3.8, 4) is 0 Å². The van der Waals surface area contributed by atoms with E-state index in [-0.39, 0.29) is 0 Å². The van der Waals surface area contributed by atoms with Gasteiger partial charge in [0.15, 0.2) is 0 Å². The topological polar surface area (TPSA) is 20.3 Å². The molecule has 0 aromatic heterocycles. The Kier molecular flexibility index (Phi) is 2.07. The summed E-state index contributed by atoms with van der Waals surface area (Å²) in [5.74, 6) is 2.70. The molecule has 0 spiro atoms. The Morgan fingerprint density at radius 3 is 3.27 bits per heavy atom. The van der Waals surface area contributed by atoms with Crippen molar-refractivity contribution in [2.24, 2.45) is 0 Å². The highest BCUT2D eigenvalue weighted by molar-refractivity contribution is 7.99. The van der Waals surface area contributed by atoms with Gasteiger partial charge in [0.2, 0.25) is 5.91 Å². The van der Waals surface area contributed by atoms with Crippen LogP contribution in [-0.2, 0) is 4.79 Å². The van der Waals surface area contributed by atoms with Crippen LogP contribution in [-0.4, -0.2) is 34.9 Å². The third kappa shape index (κ3) is 1.39. The summed E-state index contributed by atoms with van der Waals surface area (Å²) < 4.78 is 0. The molecule has 2 heterocycles. The van der Waals surface area contributed by atoms with Crippen LogP contribution >= 0.6 is 11.8 Å². The van der Waals surface area contributed by atoms with Gasteiger partial charge in [0, 0.05) is 30.5 Å². The van der Waals surface area contributed by atoms with Gasteiger partial charge < -0.3 is 4.90 Å². The lowest BCUT2D eigenvalue weighted by Crippen LogP contribution is -2.48. The van der Waals surface area contributed by atoms with Crippen molar-refractivity contribution in [1.29, 1.82) is 0 Å². The normalized spacial score (nSPS) is 31.8. The lowest BCUT2D eigenvalue weighted by atomic mass is 10.0. The van der Waals surface area contributed by atoms with E-state index in [1.807, 2.05) is 11.8 Å². The number of hydrogen-bond donors (Lipinski definition) is 0. The zero-order valence-electron chi connectivity index (χ0n) is 6.58. The molecule has 3 heteroatoms. The average molecular weight is 171 g/mol. The molecular weight excluding hydrogens is 158 g/mol. The van der Waals surface area contributed by atoms with Gasteiger partial charge in [-0.1, -0.05) is 0 Å². The van der Waals surface area contributed by atoms with Crippen LogP contribution in [0.5, 0.6) is 0 Å². The van der Waals surface area contributed by atoms with Crippen LogP contribution in [0.15, 0.2) is 0 Å². The number of rotatable bonds is 0. The maximum atomic E-state index is 11.3. The smallest absolute Gasteiger partial charge is 0.222 e. The molecule has 62 valence electrons. The Morgan fingerprint density at radius 2 is 2.45 bits per heavy atom.